The van der Waals surface area contributed by atoms with Crippen molar-refractivity contribution >= 4 is 5.97 Å². The lowest BCUT2D eigenvalue weighted by molar-refractivity contribution is -0.140. The summed E-state index contributed by atoms with van der Waals surface area (Å²) < 4.78 is 5.82. The first-order valence-electron chi connectivity index (χ1n) is 6.75. The third-order valence-corrected chi connectivity index (χ3v) is 3.45. The van der Waals surface area contributed by atoms with E-state index in [1.165, 1.54) is 0 Å². The first-order valence-corrected chi connectivity index (χ1v) is 6.75. The second-order valence-electron chi connectivity index (χ2n) is 5.56. The van der Waals surface area contributed by atoms with Gasteiger partial charge in [-0.25, -0.2) is 0 Å². The molecule has 1 aliphatic carbocycles. The number of ether oxygens (including phenoxy) is 1. The van der Waals surface area contributed by atoms with Crippen molar-refractivity contribution in [2.24, 2.45) is 0 Å². The predicted octanol–water partition coefficient (Wildman–Crippen LogP) is 3.32. The molecule has 1 aromatic carbocycles. The molecule has 1 aliphatic rings. The fourth-order valence-corrected chi connectivity index (χ4v) is 2.46. The highest BCUT2D eigenvalue weighted by molar-refractivity contribution is 5.87. The van der Waals surface area contributed by atoms with Crippen LogP contribution in [0.25, 0.3) is 0 Å². The van der Waals surface area contributed by atoms with Gasteiger partial charge in [-0.15, -0.1) is 0 Å². The fourth-order valence-electron chi connectivity index (χ4n) is 2.46. The van der Waals surface area contributed by atoms with E-state index in [1.807, 2.05) is 63.3 Å². The zero-order chi connectivity index (χ0) is 14.8. The Kier molecular flexibility index (Phi) is 3.82. The molecule has 1 aromatic rings. The molecule has 0 amide bonds. The summed E-state index contributed by atoms with van der Waals surface area (Å²) in [6.45, 7) is 5.85. The largest absolute Gasteiger partial charge is 0.480 e. The van der Waals surface area contributed by atoms with Gasteiger partial charge >= 0.3 is 5.97 Å². The van der Waals surface area contributed by atoms with Crippen LogP contribution in [0.2, 0.25) is 0 Å². The Bertz CT molecular complexity index is 527. The maximum Gasteiger partial charge on any atom is 0.321 e. The van der Waals surface area contributed by atoms with Crippen LogP contribution in [0.4, 0.5) is 0 Å². The van der Waals surface area contributed by atoms with Crippen molar-refractivity contribution in [3.05, 3.63) is 60.2 Å². The van der Waals surface area contributed by atoms with Crippen molar-refractivity contribution in [1.82, 2.24) is 0 Å². The lowest BCUT2D eigenvalue weighted by atomic mass is 9.75. The van der Waals surface area contributed by atoms with Crippen LogP contribution in [0.5, 0.6) is 0 Å². The Morgan fingerprint density at radius 2 is 1.65 bits per heavy atom. The smallest absolute Gasteiger partial charge is 0.321 e. The standard InChI is InChI=1S/C17H20O3/c1-13(2)20-16(3)9-11-17(12-10-16,15(18)19)14-7-5-4-6-8-14/h4-13H,1-3H3,(H,18,19). The molecule has 106 valence electrons. The van der Waals surface area contributed by atoms with Gasteiger partial charge in [0.05, 0.1) is 6.10 Å². The average Bonchev–Trinajstić information content (AvgIpc) is 2.39. The van der Waals surface area contributed by atoms with Crippen molar-refractivity contribution in [3.8, 4) is 0 Å². The summed E-state index contributed by atoms with van der Waals surface area (Å²) in [4.78, 5) is 11.8. The minimum Gasteiger partial charge on any atom is -0.480 e. The maximum atomic E-state index is 11.8. The molecule has 0 aliphatic heterocycles. The molecule has 2 rings (SSSR count). The molecule has 0 unspecified atom stereocenters. The van der Waals surface area contributed by atoms with E-state index in [1.54, 1.807) is 12.2 Å². The van der Waals surface area contributed by atoms with Crippen LogP contribution in [0, 0.1) is 0 Å². The third kappa shape index (κ3) is 2.68. The van der Waals surface area contributed by atoms with Crippen LogP contribution in [-0.2, 0) is 14.9 Å². The van der Waals surface area contributed by atoms with E-state index >= 15 is 0 Å². The van der Waals surface area contributed by atoms with Crippen LogP contribution in [0.15, 0.2) is 54.6 Å². The number of carbonyl (C=O) groups is 1. The minimum absolute atomic E-state index is 0.0725. The van der Waals surface area contributed by atoms with Crippen molar-refractivity contribution in [3.63, 3.8) is 0 Å². The minimum atomic E-state index is -1.11. The molecule has 0 atom stereocenters. The van der Waals surface area contributed by atoms with Gasteiger partial charge in [0.15, 0.2) is 0 Å². The summed E-state index contributed by atoms with van der Waals surface area (Å²) in [5, 5.41) is 9.65. The SMILES string of the molecule is CC(C)OC1(C)C=CC(C(=O)O)(c2ccccc2)C=C1. The average molecular weight is 272 g/mol. The zero-order valence-corrected chi connectivity index (χ0v) is 12.0. The van der Waals surface area contributed by atoms with Crippen LogP contribution in [0.3, 0.4) is 0 Å². The van der Waals surface area contributed by atoms with Gasteiger partial charge in [0.25, 0.3) is 0 Å². The highest BCUT2D eigenvalue weighted by atomic mass is 16.5. The molecular weight excluding hydrogens is 252 g/mol. The summed E-state index contributed by atoms with van der Waals surface area (Å²) in [7, 11) is 0. The van der Waals surface area contributed by atoms with Crippen molar-refractivity contribution in [1.29, 1.82) is 0 Å². The van der Waals surface area contributed by atoms with Crippen molar-refractivity contribution < 1.29 is 14.6 Å². The Labute approximate surface area is 119 Å². The van der Waals surface area contributed by atoms with E-state index in [0.29, 0.717) is 0 Å². The Morgan fingerprint density at radius 1 is 1.10 bits per heavy atom. The summed E-state index contributed by atoms with van der Waals surface area (Å²) in [5.41, 5.74) is -0.921. The molecule has 0 radical (unpaired) electrons. The molecule has 0 heterocycles. The number of rotatable bonds is 4. The molecule has 0 saturated heterocycles. The van der Waals surface area contributed by atoms with E-state index < -0.39 is 17.0 Å². The normalized spacial score (nSPS) is 28.8. The lowest BCUT2D eigenvalue weighted by Gasteiger charge is -2.33. The first kappa shape index (κ1) is 14.5. The molecule has 3 heteroatoms. The zero-order valence-electron chi connectivity index (χ0n) is 12.0. The lowest BCUT2D eigenvalue weighted by Crippen LogP contribution is -2.38. The Morgan fingerprint density at radius 3 is 2.10 bits per heavy atom. The van der Waals surface area contributed by atoms with E-state index in [4.69, 9.17) is 4.74 Å². The van der Waals surface area contributed by atoms with E-state index in [0.717, 1.165) is 5.56 Å². The number of benzene rings is 1. The quantitative estimate of drug-likeness (QED) is 0.855. The van der Waals surface area contributed by atoms with Crippen LogP contribution < -0.4 is 0 Å². The van der Waals surface area contributed by atoms with Gasteiger partial charge in [0.2, 0.25) is 0 Å². The molecular formula is C17H20O3. The second kappa shape index (κ2) is 5.25. The molecule has 0 aromatic heterocycles. The van der Waals surface area contributed by atoms with E-state index in [9.17, 15) is 9.90 Å². The second-order valence-corrected chi connectivity index (χ2v) is 5.56. The number of hydrogen-bond acceptors (Lipinski definition) is 2. The molecule has 1 N–H and O–H groups in total. The van der Waals surface area contributed by atoms with E-state index in [2.05, 4.69) is 0 Å². The molecule has 20 heavy (non-hydrogen) atoms. The predicted molar refractivity (Wildman–Crippen MR) is 78.7 cm³/mol. The maximum absolute atomic E-state index is 11.8. The Balaban J connectivity index is 2.39. The van der Waals surface area contributed by atoms with Crippen molar-refractivity contribution in [2.45, 2.75) is 37.9 Å². The first-order chi connectivity index (χ1) is 9.38. The molecule has 0 saturated carbocycles. The van der Waals surface area contributed by atoms with Gasteiger partial charge in [-0.3, -0.25) is 4.79 Å². The topological polar surface area (TPSA) is 46.5 Å². The Hall–Kier alpha value is -1.87. The van der Waals surface area contributed by atoms with Gasteiger partial charge in [-0.1, -0.05) is 54.6 Å². The fraction of sp³-hybridized carbons (Fsp3) is 0.353. The number of carboxylic acid groups (broad SMARTS) is 1. The number of carboxylic acids is 1. The summed E-state index contributed by atoms with van der Waals surface area (Å²) >= 11 is 0. The van der Waals surface area contributed by atoms with Gasteiger partial charge in [-0.05, 0) is 26.3 Å². The van der Waals surface area contributed by atoms with Gasteiger partial charge in [-0.2, -0.15) is 0 Å². The number of aliphatic carboxylic acids is 1. The van der Waals surface area contributed by atoms with Crippen LogP contribution >= 0.6 is 0 Å². The highest BCUT2D eigenvalue weighted by Gasteiger charge is 2.39. The number of hydrogen-bond donors (Lipinski definition) is 1. The van der Waals surface area contributed by atoms with Gasteiger partial charge < -0.3 is 9.84 Å². The summed E-state index contributed by atoms with van der Waals surface area (Å²) in [6.07, 6.45) is 7.16. The highest BCUT2D eigenvalue weighted by Crippen LogP contribution is 2.35. The third-order valence-electron chi connectivity index (χ3n) is 3.45. The van der Waals surface area contributed by atoms with Gasteiger partial charge in [0, 0.05) is 0 Å². The monoisotopic (exact) mass is 272 g/mol. The summed E-state index contributed by atoms with van der Waals surface area (Å²) in [6, 6.07) is 9.23. The molecule has 0 spiro atoms. The molecule has 3 nitrogen and oxygen atoms in total. The molecule has 0 fully saturated rings. The summed E-state index contributed by atoms with van der Waals surface area (Å²) in [5.74, 6) is -0.886. The van der Waals surface area contributed by atoms with Crippen LogP contribution in [-0.4, -0.2) is 22.8 Å². The van der Waals surface area contributed by atoms with Crippen LogP contribution in [0.1, 0.15) is 26.3 Å². The van der Waals surface area contributed by atoms with Crippen molar-refractivity contribution in [2.75, 3.05) is 0 Å². The van der Waals surface area contributed by atoms with Gasteiger partial charge in [0.1, 0.15) is 11.0 Å². The molecule has 0 bridgehead atoms. The van der Waals surface area contributed by atoms with E-state index in [-0.39, 0.29) is 6.10 Å².